The number of ether oxygens (including phenoxy) is 1. The van der Waals surface area contributed by atoms with Gasteiger partial charge in [-0.3, -0.25) is 4.90 Å². The van der Waals surface area contributed by atoms with Gasteiger partial charge in [0.05, 0.1) is 19.4 Å². The lowest BCUT2D eigenvalue weighted by molar-refractivity contribution is -0.137. The third-order valence-corrected chi connectivity index (χ3v) is 5.40. The van der Waals surface area contributed by atoms with Crippen LogP contribution in [-0.4, -0.2) is 36.1 Å². The molecule has 0 amide bonds. The van der Waals surface area contributed by atoms with E-state index in [0.717, 1.165) is 43.9 Å². The number of hydrogen-bond acceptors (Lipinski definition) is 4. The molecule has 1 aliphatic rings. The quantitative estimate of drug-likeness (QED) is 0.446. The fraction of sp³-hybridized carbons (Fsp3) is 0.400. The topological polar surface area (TPSA) is 32.8 Å². The van der Waals surface area contributed by atoms with Gasteiger partial charge in [0.25, 0.3) is 0 Å². The van der Waals surface area contributed by atoms with Gasteiger partial charge in [-0.1, -0.05) is 80.4 Å². The number of rotatable bonds is 9. The molecular weight excluding hydrogens is 360 g/mol. The molecule has 0 radical (unpaired) electrons. The van der Waals surface area contributed by atoms with Crippen molar-refractivity contribution in [2.45, 2.75) is 45.7 Å². The van der Waals surface area contributed by atoms with Crippen molar-refractivity contribution < 1.29 is 9.53 Å². The SMILES string of the molecule is CCCCCC1=C(C(=O)OC)CN(Cc2ccccc2)CN1Cc1ccccc1. The average Bonchev–Trinajstić information content (AvgIpc) is 2.76. The minimum Gasteiger partial charge on any atom is -0.466 e. The second-order valence-electron chi connectivity index (χ2n) is 7.67. The molecule has 3 rings (SSSR count). The highest BCUT2D eigenvalue weighted by atomic mass is 16.5. The summed E-state index contributed by atoms with van der Waals surface area (Å²) in [6.07, 6.45) is 4.35. The van der Waals surface area contributed by atoms with Gasteiger partial charge in [-0.25, -0.2) is 4.79 Å². The maximum atomic E-state index is 12.7. The molecular formula is C25H32N2O2. The Morgan fingerprint density at radius 1 is 0.931 bits per heavy atom. The highest BCUT2D eigenvalue weighted by Gasteiger charge is 2.29. The van der Waals surface area contributed by atoms with Gasteiger partial charge in [0.2, 0.25) is 0 Å². The lowest BCUT2D eigenvalue weighted by Crippen LogP contribution is -2.44. The Balaban J connectivity index is 1.88. The molecule has 4 heteroatoms. The van der Waals surface area contributed by atoms with Crippen LogP contribution in [0.4, 0.5) is 0 Å². The molecule has 29 heavy (non-hydrogen) atoms. The van der Waals surface area contributed by atoms with Crippen molar-refractivity contribution in [3.63, 3.8) is 0 Å². The monoisotopic (exact) mass is 392 g/mol. The molecule has 0 N–H and O–H groups in total. The lowest BCUT2D eigenvalue weighted by atomic mass is 10.0. The number of carbonyl (C=O) groups is 1. The minimum absolute atomic E-state index is 0.202. The zero-order valence-electron chi connectivity index (χ0n) is 17.6. The Morgan fingerprint density at radius 2 is 1.55 bits per heavy atom. The van der Waals surface area contributed by atoms with Crippen molar-refractivity contribution in [3.8, 4) is 0 Å². The average molecular weight is 393 g/mol. The Kier molecular flexibility index (Phi) is 7.88. The number of methoxy groups -OCH3 is 1. The Bertz CT molecular complexity index is 802. The van der Waals surface area contributed by atoms with E-state index in [0.29, 0.717) is 6.54 Å². The standard InChI is InChI=1S/C25H32N2O2/c1-3-4-7-16-24-23(25(28)29-2)19-26(17-21-12-8-5-9-13-21)20-27(24)18-22-14-10-6-11-15-22/h5-6,8-15H,3-4,7,16-20H2,1-2H3. The summed E-state index contributed by atoms with van der Waals surface area (Å²) in [5.41, 5.74) is 4.47. The number of benzene rings is 2. The fourth-order valence-corrected chi connectivity index (χ4v) is 3.94. The largest absolute Gasteiger partial charge is 0.466 e. The first-order valence-electron chi connectivity index (χ1n) is 10.6. The van der Waals surface area contributed by atoms with Gasteiger partial charge in [0.15, 0.2) is 0 Å². The van der Waals surface area contributed by atoms with Crippen molar-refractivity contribution in [1.29, 1.82) is 0 Å². The summed E-state index contributed by atoms with van der Waals surface area (Å²) in [6.45, 7) is 5.27. The predicted octanol–water partition coefficient (Wildman–Crippen LogP) is 4.97. The van der Waals surface area contributed by atoms with E-state index in [1.165, 1.54) is 31.1 Å². The molecule has 0 bridgehead atoms. The van der Waals surface area contributed by atoms with Gasteiger partial charge in [-0.15, -0.1) is 0 Å². The number of esters is 1. The molecule has 4 nitrogen and oxygen atoms in total. The molecule has 2 aromatic carbocycles. The molecule has 0 atom stereocenters. The van der Waals surface area contributed by atoms with E-state index >= 15 is 0 Å². The molecule has 1 aliphatic heterocycles. The van der Waals surface area contributed by atoms with Crippen LogP contribution in [0.1, 0.15) is 43.7 Å². The van der Waals surface area contributed by atoms with E-state index in [1.807, 2.05) is 12.1 Å². The van der Waals surface area contributed by atoms with Crippen LogP contribution in [0.15, 0.2) is 71.9 Å². The first-order chi connectivity index (χ1) is 14.2. The first kappa shape index (κ1) is 21.1. The van der Waals surface area contributed by atoms with Gasteiger partial charge in [0, 0.05) is 25.3 Å². The molecule has 2 aromatic rings. The van der Waals surface area contributed by atoms with Crippen LogP contribution >= 0.6 is 0 Å². The summed E-state index contributed by atoms with van der Waals surface area (Å²) >= 11 is 0. The molecule has 0 aromatic heterocycles. The first-order valence-corrected chi connectivity index (χ1v) is 10.6. The van der Waals surface area contributed by atoms with E-state index in [2.05, 4.69) is 65.3 Å². The van der Waals surface area contributed by atoms with Gasteiger partial charge < -0.3 is 9.64 Å². The third kappa shape index (κ3) is 5.94. The van der Waals surface area contributed by atoms with Gasteiger partial charge in [0.1, 0.15) is 0 Å². The zero-order chi connectivity index (χ0) is 20.5. The number of carbonyl (C=O) groups excluding carboxylic acids is 1. The van der Waals surface area contributed by atoms with Crippen molar-refractivity contribution >= 4 is 5.97 Å². The Labute approximate surface area is 174 Å². The maximum absolute atomic E-state index is 12.7. The Hall–Kier alpha value is -2.59. The molecule has 0 saturated carbocycles. The summed E-state index contributed by atoms with van der Waals surface area (Å²) in [6, 6.07) is 20.9. The van der Waals surface area contributed by atoms with Crippen molar-refractivity contribution in [2.75, 3.05) is 20.3 Å². The van der Waals surface area contributed by atoms with E-state index in [9.17, 15) is 4.79 Å². The molecule has 0 fully saturated rings. The molecule has 0 aliphatic carbocycles. The molecule has 1 heterocycles. The van der Waals surface area contributed by atoms with Crippen LogP contribution in [0.3, 0.4) is 0 Å². The molecule has 0 saturated heterocycles. The molecule has 0 unspecified atom stereocenters. The summed E-state index contributed by atoms with van der Waals surface area (Å²) in [4.78, 5) is 17.4. The normalized spacial score (nSPS) is 14.9. The van der Waals surface area contributed by atoms with E-state index in [4.69, 9.17) is 4.74 Å². The zero-order valence-corrected chi connectivity index (χ0v) is 17.6. The summed E-state index contributed by atoms with van der Waals surface area (Å²) in [5.74, 6) is -0.202. The molecule has 0 spiro atoms. The van der Waals surface area contributed by atoms with Crippen LogP contribution in [0.2, 0.25) is 0 Å². The summed E-state index contributed by atoms with van der Waals surface area (Å²) < 4.78 is 5.17. The van der Waals surface area contributed by atoms with Crippen LogP contribution in [0.25, 0.3) is 0 Å². The van der Waals surface area contributed by atoms with Gasteiger partial charge in [-0.05, 0) is 24.0 Å². The second kappa shape index (κ2) is 10.8. The van der Waals surface area contributed by atoms with Crippen molar-refractivity contribution in [1.82, 2.24) is 9.80 Å². The minimum atomic E-state index is -0.202. The van der Waals surface area contributed by atoms with Crippen LogP contribution in [-0.2, 0) is 22.6 Å². The highest BCUT2D eigenvalue weighted by Crippen LogP contribution is 2.27. The number of unbranched alkanes of at least 4 members (excludes halogenated alkanes) is 2. The fourth-order valence-electron chi connectivity index (χ4n) is 3.94. The number of hydrogen-bond donors (Lipinski definition) is 0. The van der Waals surface area contributed by atoms with E-state index in [1.54, 1.807) is 0 Å². The number of nitrogens with zero attached hydrogens (tertiary/aromatic N) is 2. The van der Waals surface area contributed by atoms with E-state index < -0.39 is 0 Å². The maximum Gasteiger partial charge on any atom is 0.336 e. The van der Waals surface area contributed by atoms with Crippen LogP contribution < -0.4 is 0 Å². The molecule has 154 valence electrons. The lowest BCUT2D eigenvalue weighted by Gasteiger charge is -2.40. The smallest absolute Gasteiger partial charge is 0.336 e. The van der Waals surface area contributed by atoms with Gasteiger partial charge in [-0.2, -0.15) is 0 Å². The van der Waals surface area contributed by atoms with Crippen LogP contribution in [0.5, 0.6) is 0 Å². The highest BCUT2D eigenvalue weighted by molar-refractivity contribution is 5.89. The van der Waals surface area contributed by atoms with Gasteiger partial charge >= 0.3 is 5.97 Å². The van der Waals surface area contributed by atoms with E-state index in [-0.39, 0.29) is 5.97 Å². The summed E-state index contributed by atoms with van der Waals surface area (Å²) in [7, 11) is 1.48. The third-order valence-electron chi connectivity index (χ3n) is 5.40. The van der Waals surface area contributed by atoms with Crippen LogP contribution in [0, 0.1) is 0 Å². The summed E-state index contributed by atoms with van der Waals surface area (Å²) in [5, 5.41) is 0. The second-order valence-corrected chi connectivity index (χ2v) is 7.67. The predicted molar refractivity (Wildman–Crippen MR) is 117 cm³/mol. The van der Waals surface area contributed by atoms with Crippen molar-refractivity contribution in [3.05, 3.63) is 83.1 Å². The van der Waals surface area contributed by atoms with Crippen molar-refractivity contribution in [2.24, 2.45) is 0 Å². The number of allylic oxidation sites excluding steroid dienone is 1. The Morgan fingerprint density at radius 3 is 2.14 bits per heavy atom.